The molecule has 0 saturated carbocycles. The van der Waals surface area contributed by atoms with Crippen molar-refractivity contribution in [1.29, 1.82) is 0 Å². The van der Waals surface area contributed by atoms with Crippen LogP contribution in [-0.2, 0) is 4.79 Å². The highest BCUT2D eigenvalue weighted by atomic mass is 32.2. The maximum atomic E-state index is 14.8. The summed E-state index contributed by atoms with van der Waals surface area (Å²) >= 11 is 1.71. The van der Waals surface area contributed by atoms with Crippen LogP contribution in [0.1, 0.15) is 43.8 Å². The molecule has 1 aliphatic rings. The monoisotopic (exact) mass is 513 g/mol. The van der Waals surface area contributed by atoms with E-state index in [9.17, 15) is 19.4 Å². The Balaban J connectivity index is 1.39. The van der Waals surface area contributed by atoms with Crippen molar-refractivity contribution in [2.24, 2.45) is 5.41 Å². The number of carboxylic acids is 1. The summed E-state index contributed by atoms with van der Waals surface area (Å²) in [5, 5.41) is 22.2. The van der Waals surface area contributed by atoms with Gasteiger partial charge < -0.3 is 19.8 Å². The van der Waals surface area contributed by atoms with Crippen molar-refractivity contribution in [3.05, 3.63) is 60.2 Å². The Kier molecular flexibility index (Phi) is 8.77. The van der Waals surface area contributed by atoms with Gasteiger partial charge in [0.25, 0.3) is 0 Å². The van der Waals surface area contributed by atoms with Crippen LogP contribution in [0.25, 0.3) is 10.9 Å². The van der Waals surface area contributed by atoms with Gasteiger partial charge in [0.05, 0.1) is 36.4 Å². The van der Waals surface area contributed by atoms with Crippen molar-refractivity contribution in [3.8, 4) is 5.75 Å². The lowest BCUT2D eigenvalue weighted by Crippen LogP contribution is -2.42. The van der Waals surface area contributed by atoms with Gasteiger partial charge in [0.15, 0.2) is 0 Å². The Hall–Kier alpha value is -2.75. The number of halogens is 1. The molecular weight excluding hydrogens is 481 g/mol. The number of aromatic nitrogens is 2. The Morgan fingerprint density at radius 3 is 2.75 bits per heavy atom. The lowest BCUT2D eigenvalue weighted by molar-refractivity contribution is -0.141. The largest absolute Gasteiger partial charge is 0.497 e. The Labute approximate surface area is 214 Å². The number of carbonyl (C=O) groups is 1. The Bertz CT molecular complexity index is 1170. The number of hydrogen-bond acceptors (Lipinski definition) is 7. The summed E-state index contributed by atoms with van der Waals surface area (Å²) in [5.74, 6) is 0.0587. The van der Waals surface area contributed by atoms with Gasteiger partial charge in [-0.15, -0.1) is 11.8 Å². The van der Waals surface area contributed by atoms with Gasteiger partial charge in [0.2, 0.25) is 0 Å². The minimum absolute atomic E-state index is 0.0453. The van der Waals surface area contributed by atoms with Crippen molar-refractivity contribution in [2.75, 3.05) is 32.5 Å². The number of fused-ring (bicyclic) bond motifs is 1. The summed E-state index contributed by atoms with van der Waals surface area (Å²) < 4.78 is 20.1. The summed E-state index contributed by atoms with van der Waals surface area (Å²) in [5.41, 5.74) is 0.339. The number of carboxylic acid groups (broad SMARTS) is 1. The van der Waals surface area contributed by atoms with Crippen molar-refractivity contribution >= 4 is 28.6 Å². The van der Waals surface area contributed by atoms with Crippen molar-refractivity contribution in [3.63, 3.8) is 0 Å². The molecule has 2 aromatic heterocycles. The Morgan fingerprint density at radius 2 is 2.06 bits per heavy atom. The molecule has 3 aromatic rings. The van der Waals surface area contributed by atoms with Crippen molar-refractivity contribution < 1.29 is 24.1 Å². The third kappa shape index (κ3) is 6.52. The zero-order valence-electron chi connectivity index (χ0n) is 20.4. The molecule has 7 nitrogen and oxygen atoms in total. The van der Waals surface area contributed by atoms with Crippen LogP contribution in [0.2, 0.25) is 0 Å². The molecule has 0 bridgehead atoms. The minimum Gasteiger partial charge on any atom is -0.497 e. The number of piperidine rings is 1. The van der Waals surface area contributed by atoms with E-state index in [-0.39, 0.29) is 18.4 Å². The summed E-state index contributed by atoms with van der Waals surface area (Å²) in [4.78, 5) is 22.5. The number of methoxy groups -OCH3 is 1. The fourth-order valence-corrected chi connectivity index (χ4v) is 5.89. The number of aliphatic carboxylic acids is 1. The molecular formula is C27H32FN3O4S. The average molecular weight is 514 g/mol. The molecule has 1 saturated heterocycles. The number of pyridine rings is 2. The number of thioether (sulfide) groups is 1. The highest BCUT2D eigenvalue weighted by Crippen LogP contribution is 2.42. The third-order valence-electron chi connectivity index (χ3n) is 7.09. The maximum absolute atomic E-state index is 14.8. The molecule has 0 radical (unpaired) electrons. The summed E-state index contributed by atoms with van der Waals surface area (Å²) in [6.07, 6.45) is 4.13. The molecule has 4 rings (SSSR count). The maximum Gasteiger partial charge on any atom is 0.303 e. The van der Waals surface area contributed by atoms with Crippen LogP contribution in [0.15, 0.2) is 53.8 Å². The van der Waals surface area contributed by atoms with Gasteiger partial charge in [0.1, 0.15) is 11.6 Å². The number of rotatable bonds is 11. The quantitative estimate of drug-likeness (QED) is 0.348. The zero-order chi connectivity index (χ0) is 25.5. The molecule has 0 spiro atoms. The van der Waals surface area contributed by atoms with E-state index < -0.39 is 23.3 Å². The summed E-state index contributed by atoms with van der Waals surface area (Å²) in [6, 6.07) is 11.0. The van der Waals surface area contributed by atoms with E-state index >= 15 is 0 Å². The molecule has 36 heavy (non-hydrogen) atoms. The zero-order valence-corrected chi connectivity index (χ0v) is 21.2. The topological polar surface area (TPSA) is 95.8 Å². The van der Waals surface area contributed by atoms with Crippen LogP contribution in [0.3, 0.4) is 0 Å². The molecule has 1 fully saturated rings. The Morgan fingerprint density at radius 1 is 1.25 bits per heavy atom. The van der Waals surface area contributed by atoms with Gasteiger partial charge in [-0.25, -0.2) is 9.37 Å². The van der Waals surface area contributed by atoms with Crippen molar-refractivity contribution in [1.82, 2.24) is 14.9 Å². The number of nitrogens with zero attached hydrogens (tertiary/aromatic N) is 3. The molecule has 1 aromatic carbocycles. The second kappa shape index (κ2) is 12.0. The highest BCUT2D eigenvalue weighted by molar-refractivity contribution is 7.99. The van der Waals surface area contributed by atoms with E-state index in [1.165, 1.54) is 7.11 Å². The normalized spacial score (nSPS) is 16.6. The summed E-state index contributed by atoms with van der Waals surface area (Å²) in [7, 11) is 1.53. The number of aliphatic hydroxyl groups is 1. The molecule has 0 aliphatic carbocycles. The second-order valence-electron chi connectivity index (χ2n) is 9.39. The molecule has 2 N–H and O–H groups in total. The molecule has 1 aliphatic heterocycles. The molecule has 9 heteroatoms. The molecule has 192 valence electrons. The SMILES string of the molecule is COc1ccc2ncc(F)c(C(O)CCC3(CC(=O)O)CCN(CCSc4ccccn4)CC3)c2c1. The van der Waals surface area contributed by atoms with Gasteiger partial charge >= 0.3 is 5.97 Å². The predicted octanol–water partition coefficient (Wildman–Crippen LogP) is 4.94. The smallest absolute Gasteiger partial charge is 0.303 e. The number of ether oxygens (including phenoxy) is 1. The van der Waals surface area contributed by atoms with Gasteiger partial charge in [-0.2, -0.15) is 0 Å². The van der Waals surface area contributed by atoms with E-state index in [0.717, 1.165) is 49.5 Å². The van der Waals surface area contributed by atoms with Gasteiger partial charge in [0, 0.05) is 29.4 Å². The van der Waals surface area contributed by atoms with Crippen molar-refractivity contribution in [2.45, 2.75) is 43.2 Å². The first-order valence-electron chi connectivity index (χ1n) is 12.2. The van der Waals surface area contributed by atoms with Crippen LogP contribution in [0, 0.1) is 11.2 Å². The minimum atomic E-state index is -1.07. The van der Waals surface area contributed by atoms with Crippen LogP contribution in [0.5, 0.6) is 5.75 Å². The van der Waals surface area contributed by atoms with Gasteiger partial charge in [-0.1, -0.05) is 6.07 Å². The van der Waals surface area contributed by atoms with Crippen LogP contribution >= 0.6 is 11.8 Å². The third-order valence-corrected chi connectivity index (χ3v) is 8.01. The van der Waals surface area contributed by atoms with Gasteiger partial charge in [-0.05, 0) is 74.5 Å². The number of aliphatic hydroxyl groups excluding tert-OH is 1. The molecule has 1 atom stereocenters. The standard InChI is InChI=1S/C27H32FN3O4S/c1-35-19-5-6-22-20(16-19)26(21(28)18-30-22)23(32)7-8-27(17-25(33)34)9-12-31(13-10-27)14-15-36-24-4-2-3-11-29-24/h2-6,11,16,18,23,32H,7-10,12-15,17H2,1H3,(H,33,34). The van der Waals surface area contributed by atoms with E-state index in [1.807, 2.05) is 18.2 Å². The number of benzene rings is 1. The van der Waals surface area contributed by atoms with E-state index in [1.54, 1.807) is 36.2 Å². The van der Waals surface area contributed by atoms with E-state index in [2.05, 4.69) is 14.9 Å². The second-order valence-corrected chi connectivity index (χ2v) is 10.5. The molecule has 3 heterocycles. The fourth-order valence-electron chi connectivity index (χ4n) is 5.02. The fraction of sp³-hybridized carbons (Fsp3) is 0.444. The summed E-state index contributed by atoms with van der Waals surface area (Å²) in [6.45, 7) is 2.51. The lowest BCUT2D eigenvalue weighted by atomic mass is 9.71. The van der Waals surface area contributed by atoms with Crippen LogP contribution in [0.4, 0.5) is 4.39 Å². The van der Waals surface area contributed by atoms with E-state index in [0.29, 0.717) is 23.1 Å². The van der Waals surface area contributed by atoms with Crippen LogP contribution < -0.4 is 4.74 Å². The highest BCUT2D eigenvalue weighted by Gasteiger charge is 2.37. The first-order valence-corrected chi connectivity index (χ1v) is 13.2. The average Bonchev–Trinajstić information content (AvgIpc) is 2.88. The number of likely N-dealkylation sites (tertiary alicyclic amines) is 1. The molecule has 1 unspecified atom stereocenters. The first kappa shape index (κ1) is 26.3. The predicted molar refractivity (Wildman–Crippen MR) is 138 cm³/mol. The van der Waals surface area contributed by atoms with E-state index in [4.69, 9.17) is 4.74 Å². The first-order chi connectivity index (χ1) is 17.4. The van der Waals surface area contributed by atoms with Crippen LogP contribution in [-0.4, -0.2) is 63.5 Å². The number of hydrogen-bond donors (Lipinski definition) is 2. The van der Waals surface area contributed by atoms with Gasteiger partial charge in [-0.3, -0.25) is 9.78 Å². The lowest BCUT2D eigenvalue weighted by Gasteiger charge is -2.41. The molecule has 0 amide bonds.